The molecule has 0 aromatic heterocycles. The molecule has 0 amide bonds. The predicted molar refractivity (Wildman–Crippen MR) is 70.6 cm³/mol. The summed E-state index contributed by atoms with van der Waals surface area (Å²) < 4.78 is 38.1. The minimum atomic E-state index is -1.27. The predicted octanol–water partition coefficient (Wildman–Crippen LogP) is 4.04. The van der Waals surface area contributed by atoms with Crippen LogP contribution in [0.25, 0.3) is 0 Å². The molecule has 2 aromatic rings. The van der Waals surface area contributed by atoms with Gasteiger partial charge in [0.1, 0.15) is 11.6 Å². The number of benzene rings is 2. The van der Waals surface area contributed by atoms with Gasteiger partial charge in [0, 0.05) is 4.90 Å². The van der Waals surface area contributed by atoms with E-state index in [0.717, 1.165) is 5.56 Å². The largest absolute Gasteiger partial charge is 0.254 e. The summed E-state index contributed by atoms with van der Waals surface area (Å²) in [7, 11) is -1.27. The highest BCUT2D eigenvalue weighted by atomic mass is 79.9. The summed E-state index contributed by atoms with van der Waals surface area (Å²) in [5.74, 6) is -0.448. The van der Waals surface area contributed by atoms with Gasteiger partial charge in [0.2, 0.25) is 0 Å². The summed E-state index contributed by atoms with van der Waals surface area (Å²) in [6, 6.07) is 10.0. The molecule has 1 atom stereocenters. The lowest BCUT2D eigenvalue weighted by molar-refractivity contribution is 0.620. The van der Waals surface area contributed by atoms with Crippen LogP contribution in [0.3, 0.4) is 0 Å². The molecule has 0 spiro atoms. The van der Waals surface area contributed by atoms with Gasteiger partial charge >= 0.3 is 0 Å². The van der Waals surface area contributed by atoms with Crippen LogP contribution in [0.15, 0.2) is 51.8 Å². The minimum Gasteiger partial charge on any atom is -0.254 e. The molecule has 0 saturated heterocycles. The summed E-state index contributed by atoms with van der Waals surface area (Å²) in [6.45, 7) is 0. The smallest absolute Gasteiger partial charge is 0.137 e. The molecule has 0 heterocycles. The van der Waals surface area contributed by atoms with Gasteiger partial charge in [-0.15, -0.1) is 0 Å². The maximum atomic E-state index is 13.0. The first kappa shape index (κ1) is 13.4. The van der Waals surface area contributed by atoms with Gasteiger partial charge in [0.15, 0.2) is 0 Å². The van der Waals surface area contributed by atoms with E-state index in [0.29, 0.717) is 9.37 Å². The van der Waals surface area contributed by atoms with E-state index in [1.807, 2.05) is 0 Å². The van der Waals surface area contributed by atoms with Crippen molar-refractivity contribution in [3.8, 4) is 0 Å². The van der Waals surface area contributed by atoms with E-state index >= 15 is 0 Å². The van der Waals surface area contributed by atoms with Crippen molar-refractivity contribution in [1.29, 1.82) is 0 Å². The van der Waals surface area contributed by atoms with Crippen LogP contribution in [0.5, 0.6) is 0 Å². The zero-order valence-corrected chi connectivity index (χ0v) is 11.6. The fourth-order valence-electron chi connectivity index (χ4n) is 1.45. The molecule has 2 rings (SSSR count). The molecule has 0 bridgehead atoms. The van der Waals surface area contributed by atoms with Crippen molar-refractivity contribution >= 4 is 26.7 Å². The molecule has 0 fully saturated rings. The Hall–Kier alpha value is -1.07. The van der Waals surface area contributed by atoms with Gasteiger partial charge in [-0.1, -0.05) is 6.07 Å². The summed E-state index contributed by atoms with van der Waals surface area (Å²) in [5, 5.41) is 0. The van der Waals surface area contributed by atoms with Crippen LogP contribution in [0, 0.1) is 11.6 Å². The molecule has 0 aliphatic carbocycles. The Morgan fingerprint density at radius 3 is 2.33 bits per heavy atom. The van der Waals surface area contributed by atoms with Crippen LogP contribution in [-0.2, 0) is 16.6 Å². The molecular weight excluding hydrogens is 322 g/mol. The number of rotatable bonds is 3. The molecule has 0 saturated carbocycles. The molecule has 2 aromatic carbocycles. The first-order valence-electron chi connectivity index (χ1n) is 5.14. The lowest BCUT2D eigenvalue weighted by Gasteiger charge is -2.04. The van der Waals surface area contributed by atoms with Gasteiger partial charge in [-0.25, -0.2) is 8.78 Å². The van der Waals surface area contributed by atoms with Crippen molar-refractivity contribution < 1.29 is 13.0 Å². The van der Waals surface area contributed by atoms with Crippen molar-refractivity contribution in [3.63, 3.8) is 0 Å². The van der Waals surface area contributed by atoms with E-state index in [9.17, 15) is 13.0 Å². The Kier molecular flexibility index (Phi) is 4.24. The van der Waals surface area contributed by atoms with Crippen LogP contribution < -0.4 is 0 Å². The molecule has 18 heavy (non-hydrogen) atoms. The van der Waals surface area contributed by atoms with E-state index in [-0.39, 0.29) is 17.4 Å². The van der Waals surface area contributed by atoms with E-state index in [4.69, 9.17) is 0 Å². The third kappa shape index (κ3) is 3.23. The summed E-state index contributed by atoms with van der Waals surface area (Å²) in [5.41, 5.74) is 0.755. The third-order valence-electron chi connectivity index (χ3n) is 2.36. The fourth-order valence-corrected chi connectivity index (χ4v) is 2.97. The van der Waals surface area contributed by atoms with E-state index in [2.05, 4.69) is 15.9 Å². The highest BCUT2D eigenvalue weighted by Gasteiger charge is 2.07. The third-order valence-corrected chi connectivity index (χ3v) is 4.36. The molecular formula is C13H9BrF2OS. The van der Waals surface area contributed by atoms with Crippen molar-refractivity contribution in [2.45, 2.75) is 10.6 Å². The van der Waals surface area contributed by atoms with E-state index in [1.165, 1.54) is 30.3 Å². The maximum absolute atomic E-state index is 13.0. The summed E-state index contributed by atoms with van der Waals surface area (Å²) in [4.78, 5) is 0.553. The molecule has 1 nitrogen and oxygen atoms in total. The number of halogens is 3. The first-order valence-corrected chi connectivity index (χ1v) is 7.25. The standard InChI is InChI=1S/C13H9BrF2OS/c14-12-7-9(1-6-13(12)16)8-18(17)11-4-2-10(15)3-5-11/h1-7H,8H2. The van der Waals surface area contributed by atoms with Crippen molar-refractivity contribution in [2.75, 3.05) is 0 Å². The zero-order valence-electron chi connectivity index (χ0n) is 9.20. The first-order chi connectivity index (χ1) is 8.56. The van der Waals surface area contributed by atoms with E-state index in [1.54, 1.807) is 12.1 Å². The molecule has 5 heteroatoms. The Morgan fingerprint density at radius 2 is 1.72 bits per heavy atom. The van der Waals surface area contributed by atoms with Crippen molar-refractivity contribution in [3.05, 3.63) is 64.1 Å². The lowest BCUT2D eigenvalue weighted by Crippen LogP contribution is -1.97. The summed E-state index contributed by atoms with van der Waals surface area (Å²) in [6.07, 6.45) is 0. The minimum absolute atomic E-state index is 0.268. The second-order valence-corrected chi connectivity index (χ2v) is 6.00. The topological polar surface area (TPSA) is 17.1 Å². The highest BCUT2D eigenvalue weighted by Crippen LogP contribution is 2.19. The van der Waals surface area contributed by atoms with Crippen molar-refractivity contribution in [2.24, 2.45) is 0 Å². The monoisotopic (exact) mass is 330 g/mol. The van der Waals surface area contributed by atoms with Crippen LogP contribution in [0.1, 0.15) is 5.56 Å². The van der Waals surface area contributed by atoms with Gasteiger partial charge in [0.05, 0.1) is 21.0 Å². The Labute approximate surface area is 114 Å². The molecule has 94 valence electrons. The fraction of sp³-hybridized carbons (Fsp3) is 0.0769. The Morgan fingerprint density at radius 1 is 1.06 bits per heavy atom. The van der Waals surface area contributed by atoms with Crippen LogP contribution >= 0.6 is 15.9 Å². The molecule has 1 unspecified atom stereocenters. The normalized spacial score (nSPS) is 12.4. The van der Waals surface area contributed by atoms with Gasteiger partial charge < -0.3 is 0 Å². The second kappa shape index (κ2) is 5.71. The molecule has 0 radical (unpaired) electrons. The SMILES string of the molecule is O=S(Cc1ccc(F)c(Br)c1)c1ccc(F)cc1. The molecule has 0 aliphatic rings. The number of hydrogen-bond acceptors (Lipinski definition) is 1. The van der Waals surface area contributed by atoms with Crippen LogP contribution in [-0.4, -0.2) is 4.21 Å². The Bertz CT molecular complexity index is 584. The van der Waals surface area contributed by atoms with Gasteiger partial charge in [-0.2, -0.15) is 0 Å². The average molecular weight is 331 g/mol. The van der Waals surface area contributed by atoms with Crippen LogP contribution in [0.4, 0.5) is 8.78 Å². The number of hydrogen-bond donors (Lipinski definition) is 0. The van der Waals surface area contributed by atoms with Crippen LogP contribution in [0.2, 0.25) is 0 Å². The van der Waals surface area contributed by atoms with Gasteiger partial charge in [0.25, 0.3) is 0 Å². The second-order valence-electron chi connectivity index (χ2n) is 3.69. The Balaban J connectivity index is 2.16. The van der Waals surface area contributed by atoms with Crippen molar-refractivity contribution in [1.82, 2.24) is 0 Å². The summed E-state index contributed by atoms with van der Waals surface area (Å²) >= 11 is 3.08. The lowest BCUT2D eigenvalue weighted by atomic mass is 10.2. The van der Waals surface area contributed by atoms with Gasteiger partial charge in [-0.3, -0.25) is 4.21 Å². The highest BCUT2D eigenvalue weighted by molar-refractivity contribution is 9.10. The van der Waals surface area contributed by atoms with Gasteiger partial charge in [-0.05, 0) is 57.9 Å². The average Bonchev–Trinajstić information content (AvgIpc) is 2.34. The van der Waals surface area contributed by atoms with E-state index < -0.39 is 10.8 Å². The molecule has 0 N–H and O–H groups in total. The molecule has 0 aliphatic heterocycles. The maximum Gasteiger partial charge on any atom is 0.137 e. The zero-order chi connectivity index (χ0) is 13.1. The quantitative estimate of drug-likeness (QED) is 0.830.